The third-order valence-electron chi connectivity index (χ3n) is 1.81. The number of carbonyl (C=O) groups is 1. The van der Waals surface area contributed by atoms with Gasteiger partial charge >= 0.3 is 57.4 Å². The first-order chi connectivity index (χ1) is 6.25. The SMILES string of the molecule is O=C(Oc1cncc(Br)c1)C1CC1.[KH]. The van der Waals surface area contributed by atoms with Crippen LogP contribution in [0.4, 0.5) is 0 Å². The molecule has 14 heavy (non-hydrogen) atoms. The molecule has 5 heteroatoms. The van der Waals surface area contributed by atoms with E-state index in [1.165, 1.54) is 6.20 Å². The number of aromatic nitrogens is 1. The molecule has 0 spiro atoms. The van der Waals surface area contributed by atoms with E-state index in [-0.39, 0.29) is 63.3 Å². The maximum atomic E-state index is 11.2. The van der Waals surface area contributed by atoms with Crippen LogP contribution in [0.5, 0.6) is 5.75 Å². The zero-order chi connectivity index (χ0) is 9.26. The van der Waals surface area contributed by atoms with Crippen LogP contribution < -0.4 is 4.74 Å². The van der Waals surface area contributed by atoms with Crippen LogP contribution >= 0.6 is 15.9 Å². The number of nitrogens with zero attached hydrogens (tertiary/aromatic N) is 1. The predicted molar refractivity (Wildman–Crippen MR) is 57.4 cm³/mol. The fourth-order valence-electron chi connectivity index (χ4n) is 0.967. The van der Waals surface area contributed by atoms with Gasteiger partial charge in [0.05, 0.1) is 12.1 Å². The molecule has 0 amide bonds. The molecule has 0 saturated heterocycles. The molecule has 1 aromatic heterocycles. The van der Waals surface area contributed by atoms with Gasteiger partial charge in [-0.05, 0) is 34.8 Å². The van der Waals surface area contributed by atoms with Gasteiger partial charge in [0.15, 0.2) is 0 Å². The molecule has 3 nitrogen and oxygen atoms in total. The van der Waals surface area contributed by atoms with Crippen LogP contribution in [-0.4, -0.2) is 62.3 Å². The van der Waals surface area contributed by atoms with E-state index in [1.54, 1.807) is 12.3 Å². The van der Waals surface area contributed by atoms with Gasteiger partial charge in [-0.3, -0.25) is 9.78 Å². The summed E-state index contributed by atoms with van der Waals surface area (Å²) in [5, 5.41) is 0. The average Bonchev–Trinajstić information content (AvgIpc) is 2.85. The molecule has 1 heterocycles. The number of ether oxygens (including phenoxy) is 1. The van der Waals surface area contributed by atoms with E-state index in [0.29, 0.717) is 5.75 Å². The van der Waals surface area contributed by atoms with E-state index < -0.39 is 0 Å². The Balaban J connectivity index is 0.000000980. The molecule has 1 aromatic rings. The molecule has 2 rings (SSSR count). The van der Waals surface area contributed by atoms with Gasteiger partial charge in [0.25, 0.3) is 0 Å². The van der Waals surface area contributed by atoms with Crippen molar-refractivity contribution in [2.75, 3.05) is 0 Å². The zero-order valence-electron chi connectivity index (χ0n) is 6.87. The average molecular weight is 282 g/mol. The summed E-state index contributed by atoms with van der Waals surface area (Å²) in [5.41, 5.74) is 0. The number of hydrogen-bond acceptors (Lipinski definition) is 3. The van der Waals surface area contributed by atoms with Crippen molar-refractivity contribution in [2.45, 2.75) is 12.8 Å². The molecule has 1 aliphatic rings. The quantitative estimate of drug-likeness (QED) is 0.609. The summed E-state index contributed by atoms with van der Waals surface area (Å²) >= 11 is 3.25. The Hall–Kier alpha value is 0.736. The molecular formula is C9H9BrKNO2. The van der Waals surface area contributed by atoms with Gasteiger partial charge < -0.3 is 4.74 Å². The van der Waals surface area contributed by atoms with Gasteiger partial charge in [-0.2, -0.15) is 0 Å². The molecule has 0 unspecified atom stereocenters. The van der Waals surface area contributed by atoms with Crippen molar-refractivity contribution in [3.8, 4) is 5.75 Å². The summed E-state index contributed by atoms with van der Waals surface area (Å²) in [6.07, 6.45) is 5.10. The molecular weight excluding hydrogens is 273 g/mol. The van der Waals surface area contributed by atoms with Gasteiger partial charge in [-0.15, -0.1) is 0 Å². The Bertz CT molecular complexity index is 341. The monoisotopic (exact) mass is 281 g/mol. The molecule has 70 valence electrons. The summed E-state index contributed by atoms with van der Waals surface area (Å²) in [4.78, 5) is 15.1. The molecule has 0 aliphatic heterocycles. The number of hydrogen-bond donors (Lipinski definition) is 0. The molecule has 0 radical (unpaired) electrons. The molecule has 0 aromatic carbocycles. The Morgan fingerprint density at radius 3 is 2.79 bits per heavy atom. The van der Waals surface area contributed by atoms with Crippen molar-refractivity contribution >= 4 is 73.3 Å². The normalized spacial score (nSPS) is 14.4. The molecule has 1 aliphatic carbocycles. The molecule has 0 bridgehead atoms. The van der Waals surface area contributed by atoms with E-state index in [0.717, 1.165) is 17.3 Å². The van der Waals surface area contributed by atoms with Crippen LogP contribution in [0.3, 0.4) is 0 Å². The van der Waals surface area contributed by atoms with Crippen molar-refractivity contribution in [1.29, 1.82) is 0 Å². The molecule has 1 saturated carbocycles. The topological polar surface area (TPSA) is 39.2 Å². The molecule has 1 fully saturated rings. The summed E-state index contributed by atoms with van der Waals surface area (Å²) in [6, 6.07) is 1.73. The standard InChI is InChI=1S/C9H8BrNO2.K.H/c10-7-3-8(5-11-4-7)13-9(12)6-1-2-6;;/h3-6H,1-2H2;;. The third-order valence-corrected chi connectivity index (χ3v) is 2.24. The number of carbonyl (C=O) groups excluding carboxylic acids is 1. The number of halogens is 1. The summed E-state index contributed by atoms with van der Waals surface area (Å²) in [6.45, 7) is 0. The van der Waals surface area contributed by atoms with Crippen LogP contribution in [0, 0.1) is 5.92 Å². The van der Waals surface area contributed by atoms with Crippen molar-refractivity contribution in [3.05, 3.63) is 22.9 Å². The second-order valence-corrected chi connectivity index (χ2v) is 3.95. The summed E-state index contributed by atoms with van der Waals surface area (Å²) < 4.78 is 5.90. The van der Waals surface area contributed by atoms with Gasteiger partial charge in [-0.1, -0.05) is 0 Å². The molecule has 0 N–H and O–H groups in total. The van der Waals surface area contributed by atoms with E-state index in [9.17, 15) is 4.79 Å². The zero-order valence-corrected chi connectivity index (χ0v) is 8.45. The minimum absolute atomic E-state index is 0. The number of pyridine rings is 1. The fourth-order valence-corrected chi connectivity index (χ4v) is 1.31. The van der Waals surface area contributed by atoms with E-state index >= 15 is 0 Å². The second kappa shape index (κ2) is 5.72. The van der Waals surface area contributed by atoms with Crippen molar-refractivity contribution in [3.63, 3.8) is 0 Å². The Morgan fingerprint density at radius 2 is 2.21 bits per heavy atom. The first kappa shape index (κ1) is 12.8. The van der Waals surface area contributed by atoms with Crippen molar-refractivity contribution < 1.29 is 9.53 Å². The van der Waals surface area contributed by atoms with E-state index in [2.05, 4.69) is 20.9 Å². The van der Waals surface area contributed by atoms with Gasteiger partial charge in [-0.25, -0.2) is 0 Å². The van der Waals surface area contributed by atoms with E-state index in [1.807, 2.05) is 0 Å². The van der Waals surface area contributed by atoms with Crippen LogP contribution in [0.2, 0.25) is 0 Å². The maximum absolute atomic E-state index is 11.2. The van der Waals surface area contributed by atoms with Gasteiger partial charge in [0.2, 0.25) is 0 Å². The van der Waals surface area contributed by atoms with Gasteiger partial charge in [0.1, 0.15) is 5.75 Å². The number of rotatable bonds is 2. The number of esters is 1. The Labute approximate surface area is 133 Å². The van der Waals surface area contributed by atoms with E-state index in [4.69, 9.17) is 4.74 Å². The minimum atomic E-state index is -0.139. The fraction of sp³-hybridized carbons (Fsp3) is 0.333. The van der Waals surface area contributed by atoms with Crippen LogP contribution in [0.1, 0.15) is 12.8 Å². The predicted octanol–water partition coefficient (Wildman–Crippen LogP) is 1.51. The van der Waals surface area contributed by atoms with Crippen molar-refractivity contribution in [2.24, 2.45) is 5.92 Å². The first-order valence-corrected chi connectivity index (χ1v) is 4.87. The Kier molecular flexibility index (Phi) is 5.23. The summed E-state index contributed by atoms with van der Waals surface area (Å²) in [7, 11) is 0. The van der Waals surface area contributed by atoms with Crippen molar-refractivity contribution in [1.82, 2.24) is 4.98 Å². The van der Waals surface area contributed by atoms with Crippen LogP contribution in [0.25, 0.3) is 0 Å². The second-order valence-electron chi connectivity index (χ2n) is 3.03. The van der Waals surface area contributed by atoms with Crippen LogP contribution in [0.15, 0.2) is 22.9 Å². The third kappa shape index (κ3) is 3.71. The Morgan fingerprint density at radius 1 is 1.50 bits per heavy atom. The first-order valence-electron chi connectivity index (χ1n) is 4.08. The molecule has 0 atom stereocenters. The van der Waals surface area contributed by atoms with Crippen LogP contribution in [-0.2, 0) is 4.79 Å². The summed E-state index contributed by atoms with van der Waals surface area (Å²) in [5.74, 6) is 0.491. The van der Waals surface area contributed by atoms with Gasteiger partial charge in [0, 0.05) is 10.7 Å².